The number of nitrogens with two attached hydrogens (primary N) is 2. The first-order valence-electron chi connectivity index (χ1n) is 7.12. The molecule has 0 spiro atoms. The maximum absolute atomic E-state index is 5.55. The summed E-state index contributed by atoms with van der Waals surface area (Å²) < 4.78 is 0. The topological polar surface area (TPSA) is 76.1 Å². The molecule has 2 rings (SSSR count). The van der Waals surface area contributed by atoms with E-state index in [1.807, 2.05) is 0 Å². The van der Waals surface area contributed by atoms with Crippen LogP contribution in [0.5, 0.6) is 0 Å². The van der Waals surface area contributed by atoms with Gasteiger partial charge in [0, 0.05) is 32.7 Å². The summed E-state index contributed by atoms with van der Waals surface area (Å²) in [5.74, 6) is 1.83. The van der Waals surface area contributed by atoms with Crippen molar-refractivity contribution in [1.82, 2.24) is 10.6 Å². The minimum Gasteiger partial charge on any atom is -0.329 e. The quantitative estimate of drug-likeness (QED) is 0.447. The Morgan fingerprint density at radius 1 is 1.12 bits per heavy atom. The van der Waals surface area contributed by atoms with E-state index in [-0.39, 0.29) is 0 Å². The van der Waals surface area contributed by atoms with Gasteiger partial charge in [-0.25, -0.2) is 0 Å². The van der Waals surface area contributed by atoms with Crippen molar-refractivity contribution < 1.29 is 0 Å². The summed E-state index contributed by atoms with van der Waals surface area (Å²) in [7, 11) is 0. The van der Waals surface area contributed by atoms with Crippen molar-refractivity contribution in [2.45, 2.75) is 25.7 Å². The summed E-state index contributed by atoms with van der Waals surface area (Å²) in [5, 5.41) is 7.04. The summed E-state index contributed by atoms with van der Waals surface area (Å²) in [6.45, 7) is 5.71. The molecule has 0 aromatic rings. The molecule has 2 fully saturated rings. The molecular weight excluding hydrogens is 212 g/mol. The SMILES string of the molecule is NCCNCC1CC2CCC1(CNCCN)C2. The molecule has 0 heterocycles. The van der Waals surface area contributed by atoms with Crippen LogP contribution in [0.1, 0.15) is 25.7 Å². The Morgan fingerprint density at radius 3 is 2.59 bits per heavy atom. The Labute approximate surface area is 105 Å². The van der Waals surface area contributed by atoms with E-state index in [2.05, 4.69) is 10.6 Å². The second kappa shape index (κ2) is 6.14. The van der Waals surface area contributed by atoms with Gasteiger partial charge in [-0.1, -0.05) is 0 Å². The van der Waals surface area contributed by atoms with Gasteiger partial charge in [-0.3, -0.25) is 0 Å². The zero-order chi connectivity index (χ0) is 12.1. The average Bonchev–Trinajstić information content (AvgIpc) is 2.87. The van der Waals surface area contributed by atoms with E-state index < -0.39 is 0 Å². The molecule has 100 valence electrons. The molecule has 4 heteroatoms. The summed E-state index contributed by atoms with van der Waals surface area (Å²) in [6, 6.07) is 0. The average molecular weight is 240 g/mol. The molecule has 2 aliphatic rings. The molecule has 0 aliphatic heterocycles. The van der Waals surface area contributed by atoms with Crippen molar-refractivity contribution in [2.24, 2.45) is 28.7 Å². The zero-order valence-corrected chi connectivity index (χ0v) is 10.9. The first kappa shape index (κ1) is 13.3. The number of rotatable bonds is 8. The van der Waals surface area contributed by atoms with Crippen LogP contribution in [0.15, 0.2) is 0 Å². The largest absolute Gasteiger partial charge is 0.329 e. The highest BCUT2D eigenvalue weighted by Crippen LogP contribution is 2.57. The molecule has 4 nitrogen and oxygen atoms in total. The number of hydrogen-bond acceptors (Lipinski definition) is 4. The second-order valence-electron chi connectivity index (χ2n) is 5.86. The van der Waals surface area contributed by atoms with E-state index in [1.165, 1.54) is 25.7 Å². The first-order chi connectivity index (χ1) is 8.30. The Balaban J connectivity index is 1.82. The normalized spacial score (nSPS) is 35.6. The van der Waals surface area contributed by atoms with Crippen LogP contribution in [0, 0.1) is 17.3 Å². The van der Waals surface area contributed by atoms with Crippen LogP contribution < -0.4 is 22.1 Å². The lowest BCUT2D eigenvalue weighted by molar-refractivity contribution is 0.175. The van der Waals surface area contributed by atoms with Crippen molar-refractivity contribution in [3.05, 3.63) is 0 Å². The molecule has 0 aromatic carbocycles. The van der Waals surface area contributed by atoms with Crippen molar-refractivity contribution in [3.63, 3.8) is 0 Å². The molecule has 2 aliphatic carbocycles. The molecule has 17 heavy (non-hydrogen) atoms. The Morgan fingerprint density at radius 2 is 1.88 bits per heavy atom. The van der Waals surface area contributed by atoms with Crippen LogP contribution in [-0.2, 0) is 0 Å². The summed E-state index contributed by atoms with van der Waals surface area (Å²) >= 11 is 0. The van der Waals surface area contributed by atoms with Crippen LogP contribution in [0.4, 0.5) is 0 Å². The third-order valence-corrected chi connectivity index (χ3v) is 4.74. The van der Waals surface area contributed by atoms with Gasteiger partial charge in [-0.15, -0.1) is 0 Å². The maximum Gasteiger partial charge on any atom is 0.00747 e. The highest BCUT2D eigenvalue weighted by Gasteiger charge is 2.50. The summed E-state index contributed by atoms with van der Waals surface area (Å²) in [6.07, 6.45) is 5.70. The van der Waals surface area contributed by atoms with Crippen LogP contribution in [0.3, 0.4) is 0 Å². The van der Waals surface area contributed by atoms with Gasteiger partial charge >= 0.3 is 0 Å². The van der Waals surface area contributed by atoms with Crippen molar-refractivity contribution in [2.75, 3.05) is 39.3 Å². The van der Waals surface area contributed by atoms with Gasteiger partial charge < -0.3 is 22.1 Å². The monoisotopic (exact) mass is 240 g/mol. The molecule has 0 saturated heterocycles. The lowest BCUT2D eigenvalue weighted by Crippen LogP contribution is -2.42. The number of hydrogen-bond donors (Lipinski definition) is 4. The van der Waals surface area contributed by atoms with Gasteiger partial charge in [0.1, 0.15) is 0 Å². The van der Waals surface area contributed by atoms with Crippen molar-refractivity contribution in [3.8, 4) is 0 Å². The predicted octanol–water partition coefficient (Wildman–Crippen LogP) is -0.111. The smallest absolute Gasteiger partial charge is 0.00747 e. The summed E-state index contributed by atoms with van der Waals surface area (Å²) in [4.78, 5) is 0. The molecule has 2 bridgehead atoms. The molecule has 0 radical (unpaired) electrons. The molecular formula is C13H28N4. The van der Waals surface area contributed by atoms with Crippen LogP contribution >= 0.6 is 0 Å². The highest BCUT2D eigenvalue weighted by molar-refractivity contribution is 5.03. The number of fused-ring (bicyclic) bond motifs is 2. The van der Waals surface area contributed by atoms with Gasteiger partial charge in [0.2, 0.25) is 0 Å². The fourth-order valence-electron chi connectivity index (χ4n) is 3.92. The van der Waals surface area contributed by atoms with Crippen LogP contribution in [0.2, 0.25) is 0 Å². The molecule has 6 N–H and O–H groups in total. The van der Waals surface area contributed by atoms with E-state index in [0.717, 1.165) is 51.1 Å². The minimum atomic E-state index is 0.557. The van der Waals surface area contributed by atoms with Gasteiger partial charge in [0.05, 0.1) is 0 Å². The lowest BCUT2D eigenvalue weighted by Gasteiger charge is -2.35. The fourth-order valence-corrected chi connectivity index (χ4v) is 3.92. The van der Waals surface area contributed by atoms with Crippen LogP contribution in [-0.4, -0.2) is 39.3 Å². The van der Waals surface area contributed by atoms with Gasteiger partial charge in [-0.2, -0.15) is 0 Å². The molecule has 3 unspecified atom stereocenters. The van der Waals surface area contributed by atoms with Gasteiger partial charge in [-0.05, 0) is 49.5 Å². The third-order valence-electron chi connectivity index (χ3n) is 4.74. The molecule has 0 amide bonds. The van der Waals surface area contributed by atoms with E-state index in [1.54, 1.807) is 0 Å². The third kappa shape index (κ3) is 2.99. The molecule has 2 saturated carbocycles. The van der Waals surface area contributed by atoms with E-state index in [9.17, 15) is 0 Å². The van der Waals surface area contributed by atoms with Crippen molar-refractivity contribution in [1.29, 1.82) is 0 Å². The Hall–Kier alpha value is -0.160. The lowest BCUT2D eigenvalue weighted by atomic mass is 9.74. The van der Waals surface area contributed by atoms with Crippen LogP contribution in [0.25, 0.3) is 0 Å². The highest BCUT2D eigenvalue weighted by atomic mass is 14.9. The second-order valence-corrected chi connectivity index (χ2v) is 5.86. The summed E-state index contributed by atoms with van der Waals surface area (Å²) in [5.41, 5.74) is 11.6. The maximum atomic E-state index is 5.55. The molecule has 0 aromatic heterocycles. The van der Waals surface area contributed by atoms with E-state index >= 15 is 0 Å². The van der Waals surface area contributed by atoms with Gasteiger partial charge in [0.15, 0.2) is 0 Å². The standard InChI is InChI=1S/C13H28N4/c14-3-5-16-9-12-7-11-1-2-13(12,8-11)10-17-6-4-15/h11-12,16-17H,1-10,14-15H2. The zero-order valence-electron chi connectivity index (χ0n) is 10.9. The van der Waals surface area contributed by atoms with Gasteiger partial charge in [0.25, 0.3) is 0 Å². The van der Waals surface area contributed by atoms with E-state index in [4.69, 9.17) is 11.5 Å². The van der Waals surface area contributed by atoms with E-state index in [0.29, 0.717) is 5.41 Å². The Kier molecular flexibility index (Phi) is 4.79. The Bertz CT molecular complexity index is 233. The minimum absolute atomic E-state index is 0.557. The molecule has 3 atom stereocenters. The first-order valence-corrected chi connectivity index (χ1v) is 7.12. The number of nitrogens with one attached hydrogen (secondary N) is 2. The fraction of sp³-hybridized carbons (Fsp3) is 1.00. The predicted molar refractivity (Wildman–Crippen MR) is 71.7 cm³/mol. The van der Waals surface area contributed by atoms with Crippen molar-refractivity contribution >= 4 is 0 Å².